The number of hydrogen-bond donors (Lipinski definition) is 1. The van der Waals surface area contributed by atoms with Crippen LogP contribution in [0.25, 0.3) is 0 Å². The number of rotatable bonds is 6. The number of nitriles is 1. The number of nitrogens with zero attached hydrogens (tertiary/aromatic N) is 1. The first-order valence-electron chi connectivity index (χ1n) is 5.60. The standard InChI is InChI=1S/C13H18N2S/c1-3-16-9-8-11(2)15-13-6-4-12(10-14)5-7-13/h4-7,11,15H,3,8-9H2,1-2H3. The topological polar surface area (TPSA) is 35.8 Å². The van der Waals surface area contributed by atoms with Gasteiger partial charge in [0.15, 0.2) is 0 Å². The summed E-state index contributed by atoms with van der Waals surface area (Å²) in [6.45, 7) is 4.37. The third-order valence-corrected chi connectivity index (χ3v) is 3.26. The quantitative estimate of drug-likeness (QED) is 0.765. The molecule has 0 saturated heterocycles. The molecule has 86 valence electrons. The minimum absolute atomic E-state index is 0.479. The van der Waals surface area contributed by atoms with Crippen molar-refractivity contribution >= 4 is 17.4 Å². The second kappa shape index (κ2) is 7.19. The van der Waals surface area contributed by atoms with Gasteiger partial charge in [-0.05, 0) is 49.1 Å². The Balaban J connectivity index is 2.38. The molecule has 0 bridgehead atoms. The molecule has 0 saturated carbocycles. The smallest absolute Gasteiger partial charge is 0.0991 e. The van der Waals surface area contributed by atoms with E-state index in [2.05, 4.69) is 25.2 Å². The highest BCUT2D eigenvalue weighted by atomic mass is 32.2. The first-order valence-corrected chi connectivity index (χ1v) is 6.76. The van der Waals surface area contributed by atoms with Gasteiger partial charge in [0.25, 0.3) is 0 Å². The molecule has 0 radical (unpaired) electrons. The fourth-order valence-electron chi connectivity index (χ4n) is 1.40. The number of anilines is 1. The second-order valence-electron chi connectivity index (χ2n) is 3.72. The van der Waals surface area contributed by atoms with E-state index in [1.807, 2.05) is 36.0 Å². The van der Waals surface area contributed by atoms with Crippen LogP contribution in [0.2, 0.25) is 0 Å². The van der Waals surface area contributed by atoms with Gasteiger partial charge in [-0.2, -0.15) is 17.0 Å². The predicted octanol–water partition coefficient (Wildman–Crippen LogP) is 3.50. The predicted molar refractivity (Wildman–Crippen MR) is 71.9 cm³/mol. The van der Waals surface area contributed by atoms with Crippen molar-refractivity contribution in [2.75, 3.05) is 16.8 Å². The van der Waals surface area contributed by atoms with E-state index in [0.717, 1.165) is 5.69 Å². The summed E-state index contributed by atoms with van der Waals surface area (Å²) in [7, 11) is 0. The van der Waals surface area contributed by atoms with Gasteiger partial charge in [-0.3, -0.25) is 0 Å². The highest BCUT2D eigenvalue weighted by Gasteiger charge is 2.01. The van der Waals surface area contributed by atoms with Gasteiger partial charge in [-0.25, -0.2) is 0 Å². The van der Waals surface area contributed by atoms with Crippen molar-refractivity contribution in [2.45, 2.75) is 26.3 Å². The molecule has 0 aliphatic heterocycles. The highest BCUT2D eigenvalue weighted by Crippen LogP contribution is 2.12. The van der Waals surface area contributed by atoms with Crippen LogP contribution < -0.4 is 5.32 Å². The lowest BCUT2D eigenvalue weighted by atomic mass is 10.2. The summed E-state index contributed by atoms with van der Waals surface area (Å²) >= 11 is 1.97. The summed E-state index contributed by atoms with van der Waals surface area (Å²) < 4.78 is 0. The Morgan fingerprint density at radius 1 is 1.38 bits per heavy atom. The Bertz CT molecular complexity index is 340. The lowest BCUT2D eigenvalue weighted by Gasteiger charge is -2.14. The largest absolute Gasteiger partial charge is 0.383 e. The van der Waals surface area contributed by atoms with E-state index in [-0.39, 0.29) is 0 Å². The van der Waals surface area contributed by atoms with Gasteiger partial charge in [-0.1, -0.05) is 6.92 Å². The normalized spacial score (nSPS) is 11.8. The summed E-state index contributed by atoms with van der Waals surface area (Å²) in [6, 6.07) is 10.2. The zero-order chi connectivity index (χ0) is 11.8. The number of nitrogens with one attached hydrogen (secondary N) is 1. The van der Waals surface area contributed by atoms with Crippen molar-refractivity contribution in [3.05, 3.63) is 29.8 Å². The molecule has 1 rings (SSSR count). The Hall–Kier alpha value is -1.14. The molecule has 0 heterocycles. The zero-order valence-electron chi connectivity index (χ0n) is 9.86. The molecular weight excluding hydrogens is 216 g/mol. The Kier molecular flexibility index (Phi) is 5.81. The van der Waals surface area contributed by atoms with Crippen LogP contribution in [-0.2, 0) is 0 Å². The van der Waals surface area contributed by atoms with E-state index < -0.39 is 0 Å². The molecule has 0 fully saturated rings. The van der Waals surface area contributed by atoms with Crippen molar-refractivity contribution in [3.63, 3.8) is 0 Å². The highest BCUT2D eigenvalue weighted by molar-refractivity contribution is 7.99. The van der Waals surface area contributed by atoms with E-state index in [4.69, 9.17) is 5.26 Å². The Morgan fingerprint density at radius 2 is 2.06 bits per heavy atom. The van der Waals surface area contributed by atoms with E-state index in [1.165, 1.54) is 17.9 Å². The Labute approximate surface area is 102 Å². The minimum Gasteiger partial charge on any atom is -0.383 e. The maximum Gasteiger partial charge on any atom is 0.0991 e. The summed E-state index contributed by atoms with van der Waals surface area (Å²) in [6.07, 6.45) is 1.17. The van der Waals surface area contributed by atoms with E-state index >= 15 is 0 Å². The monoisotopic (exact) mass is 234 g/mol. The molecule has 1 unspecified atom stereocenters. The second-order valence-corrected chi connectivity index (χ2v) is 5.11. The van der Waals surface area contributed by atoms with E-state index in [1.54, 1.807) is 0 Å². The molecule has 0 aliphatic carbocycles. The SMILES string of the molecule is CCSCCC(C)Nc1ccc(C#N)cc1. The maximum atomic E-state index is 8.68. The van der Waals surface area contributed by atoms with Crippen molar-refractivity contribution in [2.24, 2.45) is 0 Å². The van der Waals surface area contributed by atoms with Crippen LogP contribution in [0.1, 0.15) is 25.8 Å². The minimum atomic E-state index is 0.479. The fourth-order valence-corrected chi connectivity index (χ4v) is 2.21. The molecule has 0 amide bonds. The van der Waals surface area contributed by atoms with Crippen molar-refractivity contribution in [3.8, 4) is 6.07 Å². The Morgan fingerprint density at radius 3 is 2.62 bits per heavy atom. The molecule has 16 heavy (non-hydrogen) atoms. The lowest BCUT2D eigenvalue weighted by molar-refractivity contribution is 0.772. The molecule has 1 aromatic carbocycles. The van der Waals surface area contributed by atoms with Crippen molar-refractivity contribution in [1.29, 1.82) is 5.26 Å². The van der Waals surface area contributed by atoms with Gasteiger partial charge in [0.05, 0.1) is 11.6 Å². The zero-order valence-corrected chi connectivity index (χ0v) is 10.7. The summed E-state index contributed by atoms with van der Waals surface area (Å²) in [5.74, 6) is 2.38. The van der Waals surface area contributed by atoms with E-state index in [9.17, 15) is 0 Å². The van der Waals surface area contributed by atoms with Crippen LogP contribution in [0.15, 0.2) is 24.3 Å². The van der Waals surface area contributed by atoms with Crippen LogP contribution in [0.4, 0.5) is 5.69 Å². The number of thioether (sulfide) groups is 1. The number of benzene rings is 1. The first-order chi connectivity index (χ1) is 7.76. The molecule has 1 N–H and O–H groups in total. The molecule has 2 nitrogen and oxygen atoms in total. The van der Waals surface area contributed by atoms with Crippen LogP contribution in [-0.4, -0.2) is 17.5 Å². The molecule has 0 spiro atoms. The average molecular weight is 234 g/mol. The maximum absolute atomic E-state index is 8.68. The van der Waals surface area contributed by atoms with Gasteiger partial charge in [0.1, 0.15) is 0 Å². The molecular formula is C13H18N2S. The van der Waals surface area contributed by atoms with Gasteiger partial charge >= 0.3 is 0 Å². The van der Waals surface area contributed by atoms with Crippen LogP contribution in [0.5, 0.6) is 0 Å². The first kappa shape index (κ1) is 12.9. The molecule has 3 heteroatoms. The molecule has 1 aromatic rings. The van der Waals surface area contributed by atoms with Gasteiger partial charge in [-0.15, -0.1) is 0 Å². The fraction of sp³-hybridized carbons (Fsp3) is 0.462. The van der Waals surface area contributed by atoms with Crippen LogP contribution in [0, 0.1) is 11.3 Å². The molecule has 0 aliphatic rings. The van der Waals surface area contributed by atoms with Crippen LogP contribution >= 0.6 is 11.8 Å². The molecule has 1 atom stereocenters. The molecule has 0 aromatic heterocycles. The van der Waals surface area contributed by atoms with Crippen molar-refractivity contribution < 1.29 is 0 Å². The van der Waals surface area contributed by atoms with Gasteiger partial charge in [0.2, 0.25) is 0 Å². The lowest BCUT2D eigenvalue weighted by Crippen LogP contribution is -2.15. The number of hydrogen-bond acceptors (Lipinski definition) is 3. The average Bonchev–Trinajstić information content (AvgIpc) is 2.30. The summed E-state index contributed by atoms with van der Waals surface area (Å²) in [5, 5.41) is 12.1. The van der Waals surface area contributed by atoms with Crippen LogP contribution in [0.3, 0.4) is 0 Å². The van der Waals surface area contributed by atoms with E-state index in [0.29, 0.717) is 11.6 Å². The summed E-state index contributed by atoms with van der Waals surface area (Å²) in [4.78, 5) is 0. The van der Waals surface area contributed by atoms with Gasteiger partial charge in [0, 0.05) is 11.7 Å². The third-order valence-electron chi connectivity index (χ3n) is 2.33. The third kappa shape index (κ3) is 4.59. The van der Waals surface area contributed by atoms with Crippen molar-refractivity contribution in [1.82, 2.24) is 0 Å². The summed E-state index contributed by atoms with van der Waals surface area (Å²) in [5.41, 5.74) is 1.80. The van der Waals surface area contributed by atoms with Gasteiger partial charge < -0.3 is 5.32 Å².